The summed E-state index contributed by atoms with van der Waals surface area (Å²) in [6, 6.07) is 11.0. The zero-order valence-electron chi connectivity index (χ0n) is 18.6. The fraction of sp³-hybridized carbons (Fsp3) is 0.333. The summed E-state index contributed by atoms with van der Waals surface area (Å²) in [7, 11) is 4.53. The van der Waals surface area contributed by atoms with Crippen LogP contribution in [0.3, 0.4) is 0 Å². The molecule has 0 spiro atoms. The summed E-state index contributed by atoms with van der Waals surface area (Å²) in [6.07, 6.45) is 3.82. The van der Waals surface area contributed by atoms with Gasteiger partial charge in [0.2, 0.25) is 5.75 Å². The summed E-state index contributed by atoms with van der Waals surface area (Å²) in [5.41, 5.74) is 2.52. The molecule has 7 heteroatoms. The third-order valence-corrected chi connectivity index (χ3v) is 4.82. The maximum absolute atomic E-state index is 12.0. The molecule has 0 saturated carbocycles. The zero-order valence-corrected chi connectivity index (χ0v) is 18.6. The van der Waals surface area contributed by atoms with Crippen LogP contribution in [0.1, 0.15) is 37.3 Å². The molecule has 1 amide bonds. The Balaban J connectivity index is 1.91. The van der Waals surface area contributed by atoms with Crippen molar-refractivity contribution < 1.29 is 28.5 Å². The van der Waals surface area contributed by atoms with E-state index in [1.54, 1.807) is 18.2 Å². The second-order valence-electron chi connectivity index (χ2n) is 6.88. The number of anilines is 1. The molecule has 0 aromatic heterocycles. The first-order valence-corrected chi connectivity index (χ1v) is 9.96. The maximum atomic E-state index is 12.0. The fourth-order valence-corrected chi connectivity index (χ4v) is 2.87. The predicted octanol–water partition coefficient (Wildman–Crippen LogP) is 4.42. The van der Waals surface area contributed by atoms with Gasteiger partial charge in [0.05, 0.1) is 21.3 Å². The Bertz CT molecular complexity index is 895. The number of rotatable bonds is 10. The summed E-state index contributed by atoms with van der Waals surface area (Å²) in [6.45, 7) is 3.90. The average Bonchev–Trinajstić information content (AvgIpc) is 2.80. The molecule has 1 N–H and O–H groups in total. The Hall–Kier alpha value is -3.48. The van der Waals surface area contributed by atoms with Crippen molar-refractivity contribution in [2.24, 2.45) is 0 Å². The van der Waals surface area contributed by atoms with Crippen LogP contribution >= 0.6 is 0 Å². The molecule has 2 rings (SSSR count). The van der Waals surface area contributed by atoms with Gasteiger partial charge in [-0.2, -0.15) is 0 Å². The second kappa shape index (κ2) is 11.6. The number of carbonyl (C=O) groups is 2. The molecule has 0 saturated heterocycles. The number of methoxy groups -OCH3 is 3. The molecule has 0 fully saturated rings. The van der Waals surface area contributed by atoms with Gasteiger partial charge in [-0.15, -0.1) is 0 Å². The van der Waals surface area contributed by atoms with Gasteiger partial charge in [0.1, 0.15) is 0 Å². The standard InChI is InChI=1S/C24H29NO6/c1-6-16(2)18-8-10-19(11-9-18)25-22(26)15-31-23(27)12-7-17-13-20(28-3)24(30-5)21(14-17)29-4/h7-14,16H,6,15H2,1-5H3,(H,25,26)/b12-7+/t16-/m0/s1. The number of ether oxygens (including phenoxy) is 4. The SMILES string of the molecule is CC[C@H](C)c1ccc(NC(=O)COC(=O)/C=C/c2cc(OC)c(OC)c(OC)c2)cc1. The number of amides is 1. The lowest BCUT2D eigenvalue weighted by molar-refractivity contribution is -0.142. The lowest BCUT2D eigenvalue weighted by Gasteiger charge is -2.12. The zero-order chi connectivity index (χ0) is 22.8. The third kappa shape index (κ3) is 6.77. The first-order chi connectivity index (χ1) is 14.9. The van der Waals surface area contributed by atoms with Crippen molar-refractivity contribution in [1.82, 2.24) is 0 Å². The topological polar surface area (TPSA) is 83.1 Å². The molecule has 0 aliphatic rings. The predicted molar refractivity (Wildman–Crippen MR) is 120 cm³/mol. The van der Waals surface area contributed by atoms with Gasteiger partial charge >= 0.3 is 5.97 Å². The normalized spacial score (nSPS) is 11.6. The lowest BCUT2D eigenvalue weighted by Crippen LogP contribution is -2.20. The van der Waals surface area contributed by atoms with Gasteiger partial charge in [0, 0.05) is 11.8 Å². The Morgan fingerprint density at radius 1 is 1.00 bits per heavy atom. The number of esters is 1. The molecule has 0 aliphatic heterocycles. The maximum Gasteiger partial charge on any atom is 0.331 e. The molecule has 31 heavy (non-hydrogen) atoms. The highest BCUT2D eigenvalue weighted by atomic mass is 16.5. The van der Waals surface area contributed by atoms with Crippen molar-refractivity contribution in [1.29, 1.82) is 0 Å². The van der Waals surface area contributed by atoms with Crippen molar-refractivity contribution in [3.8, 4) is 17.2 Å². The van der Waals surface area contributed by atoms with Gasteiger partial charge in [-0.25, -0.2) is 4.79 Å². The molecule has 0 aliphatic carbocycles. The van der Waals surface area contributed by atoms with Crippen molar-refractivity contribution in [2.75, 3.05) is 33.3 Å². The van der Waals surface area contributed by atoms with E-state index in [0.29, 0.717) is 34.4 Å². The summed E-state index contributed by atoms with van der Waals surface area (Å²) >= 11 is 0. The van der Waals surface area contributed by atoms with Gasteiger partial charge in [-0.05, 0) is 53.8 Å². The van der Waals surface area contributed by atoms with E-state index in [-0.39, 0.29) is 6.61 Å². The third-order valence-electron chi connectivity index (χ3n) is 4.82. The summed E-state index contributed by atoms with van der Waals surface area (Å²) in [5.74, 6) is 0.797. The molecule has 0 radical (unpaired) electrons. The van der Waals surface area contributed by atoms with Crippen molar-refractivity contribution in [2.45, 2.75) is 26.2 Å². The minimum atomic E-state index is -0.643. The minimum absolute atomic E-state index is 0.383. The molecule has 0 bridgehead atoms. The lowest BCUT2D eigenvalue weighted by atomic mass is 9.99. The van der Waals surface area contributed by atoms with Gasteiger partial charge in [-0.1, -0.05) is 26.0 Å². The minimum Gasteiger partial charge on any atom is -0.493 e. The van der Waals surface area contributed by atoms with Gasteiger partial charge in [0.15, 0.2) is 18.1 Å². The highest BCUT2D eigenvalue weighted by Gasteiger charge is 2.12. The smallest absolute Gasteiger partial charge is 0.331 e. The van der Waals surface area contributed by atoms with E-state index in [1.165, 1.54) is 33.0 Å². The average molecular weight is 427 g/mol. The van der Waals surface area contributed by atoms with Crippen LogP contribution < -0.4 is 19.5 Å². The highest BCUT2D eigenvalue weighted by molar-refractivity contribution is 5.94. The Labute approximate surface area is 183 Å². The number of nitrogens with one attached hydrogen (secondary N) is 1. The van der Waals surface area contributed by atoms with Crippen LogP contribution in [0.25, 0.3) is 6.08 Å². The van der Waals surface area contributed by atoms with Gasteiger partial charge < -0.3 is 24.3 Å². The molecular formula is C24H29NO6. The summed E-state index contributed by atoms with van der Waals surface area (Å²) in [5, 5.41) is 2.71. The van der Waals surface area contributed by atoms with Crippen molar-refractivity contribution in [3.05, 3.63) is 53.6 Å². The van der Waals surface area contributed by atoms with Crippen LogP contribution in [0.5, 0.6) is 17.2 Å². The number of benzene rings is 2. The second-order valence-corrected chi connectivity index (χ2v) is 6.88. The highest BCUT2D eigenvalue weighted by Crippen LogP contribution is 2.38. The Morgan fingerprint density at radius 3 is 2.13 bits per heavy atom. The van der Waals surface area contributed by atoms with E-state index in [1.807, 2.05) is 24.3 Å². The van der Waals surface area contributed by atoms with E-state index in [2.05, 4.69) is 19.2 Å². The Morgan fingerprint density at radius 2 is 1.61 bits per heavy atom. The van der Waals surface area contributed by atoms with Crippen LogP contribution in [0, 0.1) is 0 Å². The molecular weight excluding hydrogens is 398 g/mol. The van der Waals surface area contributed by atoms with Crippen LogP contribution in [0.15, 0.2) is 42.5 Å². The monoisotopic (exact) mass is 427 g/mol. The van der Waals surface area contributed by atoms with E-state index >= 15 is 0 Å². The fourth-order valence-electron chi connectivity index (χ4n) is 2.87. The Kier molecular flexibility index (Phi) is 8.94. The van der Waals surface area contributed by atoms with Crippen molar-refractivity contribution in [3.63, 3.8) is 0 Å². The van der Waals surface area contributed by atoms with E-state index < -0.39 is 11.9 Å². The van der Waals surface area contributed by atoms with Crippen LogP contribution in [-0.2, 0) is 14.3 Å². The molecule has 0 unspecified atom stereocenters. The van der Waals surface area contributed by atoms with Gasteiger partial charge in [-0.3, -0.25) is 4.79 Å². The summed E-state index contributed by atoms with van der Waals surface area (Å²) in [4.78, 5) is 24.0. The molecule has 2 aromatic carbocycles. The number of carbonyl (C=O) groups excluding carboxylic acids is 2. The quantitative estimate of drug-likeness (QED) is 0.446. The van der Waals surface area contributed by atoms with Gasteiger partial charge in [0.25, 0.3) is 5.91 Å². The van der Waals surface area contributed by atoms with E-state index in [0.717, 1.165) is 6.42 Å². The van der Waals surface area contributed by atoms with Crippen LogP contribution in [0.4, 0.5) is 5.69 Å². The van der Waals surface area contributed by atoms with Crippen LogP contribution in [-0.4, -0.2) is 39.8 Å². The largest absolute Gasteiger partial charge is 0.493 e. The number of hydrogen-bond donors (Lipinski definition) is 1. The first kappa shape index (κ1) is 23.8. The number of hydrogen-bond acceptors (Lipinski definition) is 6. The molecule has 166 valence electrons. The summed E-state index contributed by atoms with van der Waals surface area (Å²) < 4.78 is 20.8. The molecule has 2 aromatic rings. The molecule has 7 nitrogen and oxygen atoms in total. The van der Waals surface area contributed by atoms with Crippen molar-refractivity contribution >= 4 is 23.6 Å². The van der Waals surface area contributed by atoms with E-state index in [9.17, 15) is 9.59 Å². The van der Waals surface area contributed by atoms with E-state index in [4.69, 9.17) is 18.9 Å². The van der Waals surface area contributed by atoms with Crippen LogP contribution in [0.2, 0.25) is 0 Å². The molecule has 0 heterocycles. The first-order valence-electron chi connectivity index (χ1n) is 9.96. The molecule has 1 atom stereocenters.